The molecule has 22 heavy (non-hydrogen) atoms. The van der Waals surface area contributed by atoms with Crippen LogP contribution in [0.5, 0.6) is 0 Å². The number of aryl methyl sites for hydroxylation is 2. The van der Waals surface area contributed by atoms with Crippen molar-refractivity contribution >= 4 is 0 Å². The Morgan fingerprint density at radius 2 is 2.09 bits per heavy atom. The van der Waals surface area contributed by atoms with Crippen molar-refractivity contribution in [3.05, 3.63) is 34.9 Å². The van der Waals surface area contributed by atoms with Gasteiger partial charge >= 0.3 is 0 Å². The smallest absolute Gasteiger partial charge is 0.294 e. The molecule has 112 valence electrons. The predicted molar refractivity (Wildman–Crippen MR) is 80.0 cm³/mol. The van der Waals surface area contributed by atoms with Crippen LogP contribution in [0, 0.1) is 13.8 Å². The first-order valence-corrected chi connectivity index (χ1v) is 7.26. The van der Waals surface area contributed by atoms with Gasteiger partial charge in [-0.1, -0.05) is 5.16 Å². The summed E-state index contributed by atoms with van der Waals surface area (Å²) >= 11 is 0. The predicted octanol–water partition coefficient (Wildman–Crippen LogP) is 1.78. The summed E-state index contributed by atoms with van der Waals surface area (Å²) in [6.07, 6.45) is 4.61. The van der Waals surface area contributed by atoms with Gasteiger partial charge in [-0.25, -0.2) is 4.98 Å². The summed E-state index contributed by atoms with van der Waals surface area (Å²) in [4.78, 5) is 16.3. The second kappa shape index (κ2) is 5.03. The number of rotatable bonds is 2. The maximum atomic E-state index is 5.37. The fourth-order valence-corrected chi connectivity index (χ4v) is 2.81. The molecule has 0 radical (unpaired) electrons. The Labute approximate surface area is 127 Å². The number of nitrogens with zero attached hydrogens (tertiary/aromatic N) is 4. The first kappa shape index (κ1) is 13.1. The molecule has 3 aromatic heterocycles. The third-order valence-electron chi connectivity index (χ3n) is 3.89. The summed E-state index contributed by atoms with van der Waals surface area (Å²) in [6, 6.07) is 0. The Morgan fingerprint density at radius 1 is 1.18 bits per heavy atom. The van der Waals surface area contributed by atoms with Gasteiger partial charge in [0.05, 0.1) is 0 Å². The highest BCUT2D eigenvalue weighted by molar-refractivity contribution is 5.66. The summed E-state index contributed by atoms with van der Waals surface area (Å²) in [5, 5.41) is 7.49. The van der Waals surface area contributed by atoms with E-state index in [9.17, 15) is 0 Å². The molecule has 0 aliphatic carbocycles. The average molecular weight is 296 g/mol. The van der Waals surface area contributed by atoms with Crippen molar-refractivity contribution < 1.29 is 4.52 Å². The van der Waals surface area contributed by atoms with Crippen LogP contribution in [-0.2, 0) is 13.0 Å². The van der Waals surface area contributed by atoms with E-state index in [1.807, 2.05) is 20.0 Å². The first-order valence-electron chi connectivity index (χ1n) is 7.26. The Balaban J connectivity index is 1.81. The van der Waals surface area contributed by atoms with Gasteiger partial charge in [0.2, 0.25) is 5.82 Å². The van der Waals surface area contributed by atoms with Gasteiger partial charge in [-0.2, -0.15) is 4.98 Å². The Morgan fingerprint density at radius 3 is 2.91 bits per heavy atom. The van der Waals surface area contributed by atoms with Crippen molar-refractivity contribution in [2.24, 2.45) is 0 Å². The second-order valence-corrected chi connectivity index (χ2v) is 5.49. The van der Waals surface area contributed by atoms with Crippen LogP contribution in [0.25, 0.3) is 23.1 Å². The lowest BCUT2D eigenvalue weighted by Gasteiger charge is -2.19. The molecule has 1 aliphatic rings. The van der Waals surface area contributed by atoms with Crippen molar-refractivity contribution in [2.45, 2.75) is 26.8 Å². The number of H-pyrrole nitrogens is 1. The maximum Gasteiger partial charge on any atom is 0.294 e. The number of fused-ring (bicyclic) bond motifs is 1. The van der Waals surface area contributed by atoms with Crippen molar-refractivity contribution in [1.82, 2.24) is 30.4 Å². The summed E-state index contributed by atoms with van der Waals surface area (Å²) in [7, 11) is 0. The van der Waals surface area contributed by atoms with E-state index < -0.39 is 0 Å². The molecule has 0 fully saturated rings. The quantitative estimate of drug-likeness (QED) is 0.749. The highest BCUT2D eigenvalue weighted by atomic mass is 16.5. The van der Waals surface area contributed by atoms with Gasteiger partial charge in [-0.15, -0.1) is 0 Å². The maximum absolute atomic E-state index is 5.37. The van der Waals surface area contributed by atoms with Gasteiger partial charge in [0, 0.05) is 35.9 Å². The zero-order valence-electron chi connectivity index (χ0n) is 12.5. The zero-order valence-corrected chi connectivity index (χ0v) is 12.5. The number of hydrogen-bond donors (Lipinski definition) is 2. The summed E-state index contributed by atoms with van der Waals surface area (Å²) in [5.41, 5.74) is 5.32. The molecule has 0 saturated carbocycles. The van der Waals surface area contributed by atoms with E-state index in [2.05, 4.69) is 30.4 Å². The van der Waals surface area contributed by atoms with Gasteiger partial charge < -0.3 is 14.8 Å². The topological polar surface area (TPSA) is 92.5 Å². The molecule has 3 aromatic rings. The molecule has 7 nitrogen and oxygen atoms in total. The molecule has 2 N–H and O–H groups in total. The normalized spacial score (nSPS) is 14.1. The molecule has 0 bridgehead atoms. The Bertz CT molecular complexity index is 834. The van der Waals surface area contributed by atoms with E-state index in [-0.39, 0.29) is 0 Å². The van der Waals surface area contributed by atoms with Crippen LogP contribution < -0.4 is 5.32 Å². The first-order chi connectivity index (χ1) is 10.7. The number of aromatic amines is 1. The van der Waals surface area contributed by atoms with E-state index in [1.165, 1.54) is 11.1 Å². The molecular formula is C15H16N6O. The number of imidazole rings is 1. The van der Waals surface area contributed by atoms with Crippen LogP contribution in [0.3, 0.4) is 0 Å². The van der Waals surface area contributed by atoms with Crippen LogP contribution >= 0.6 is 0 Å². The van der Waals surface area contributed by atoms with Gasteiger partial charge in [-0.3, -0.25) is 4.98 Å². The van der Waals surface area contributed by atoms with Gasteiger partial charge in [-0.05, 0) is 37.9 Å². The zero-order chi connectivity index (χ0) is 15.1. The van der Waals surface area contributed by atoms with E-state index in [1.54, 1.807) is 6.20 Å². The van der Waals surface area contributed by atoms with Crippen LogP contribution in [0.1, 0.15) is 22.5 Å². The molecule has 0 amide bonds. The van der Waals surface area contributed by atoms with Crippen molar-refractivity contribution in [1.29, 1.82) is 0 Å². The summed E-state index contributed by atoms with van der Waals surface area (Å²) in [5.74, 6) is 1.56. The average Bonchev–Trinajstić information content (AvgIpc) is 3.16. The van der Waals surface area contributed by atoms with Gasteiger partial charge in [0.25, 0.3) is 5.89 Å². The highest BCUT2D eigenvalue weighted by Gasteiger charge is 2.21. The molecule has 0 unspecified atom stereocenters. The number of aromatic nitrogens is 5. The fourth-order valence-electron chi connectivity index (χ4n) is 2.81. The number of hydrogen-bond acceptors (Lipinski definition) is 6. The molecule has 4 heterocycles. The third-order valence-corrected chi connectivity index (χ3v) is 3.89. The largest absolute Gasteiger partial charge is 0.338 e. The molecule has 7 heteroatoms. The lowest BCUT2D eigenvalue weighted by Crippen LogP contribution is -2.24. The summed E-state index contributed by atoms with van der Waals surface area (Å²) < 4.78 is 5.37. The number of pyridine rings is 1. The fraction of sp³-hybridized carbons (Fsp3) is 0.333. The number of nitrogens with one attached hydrogen (secondary N) is 2. The third kappa shape index (κ3) is 2.10. The lowest BCUT2D eigenvalue weighted by atomic mass is 9.95. The molecule has 0 atom stereocenters. The van der Waals surface area contributed by atoms with Crippen LogP contribution in [-0.4, -0.2) is 31.6 Å². The van der Waals surface area contributed by atoms with Crippen molar-refractivity contribution in [3.8, 4) is 23.1 Å². The molecule has 0 saturated heterocycles. The van der Waals surface area contributed by atoms with Crippen LogP contribution in [0.4, 0.5) is 0 Å². The minimum absolute atomic E-state index is 0.397. The second-order valence-electron chi connectivity index (χ2n) is 5.49. The molecule has 4 rings (SSSR count). The van der Waals surface area contributed by atoms with Gasteiger partial charge in [0.1, 0.15) is 0 Å². The van der Waals surface area contributed by atoms with E-state index in [0.29, 0.717) is 17.5 Å². The lowest BCUT2D eigenvalue weighted by molar-refractivity contribution is 0.429. The molecular weight excluding hydrogens is 280 g/mol. The summed E-state index contributed by atoms with van der Waals surface area (Å²) in [6.45, 7) is 5.69. The molecule has 0 spiro atoms. The van der Waals surface area contributed by atoms with E-state index in [4.69, 9.17) is 4.52 Å². The van der Waals surface area contributed by atoms with Crippen molar-refractivity contribution in [3.63, 3.8) is 0 Å². The Kier molecular flexibility index (Phi) is 3.00. The van der Waals surface area contributed by atoms with Crippen LogP contribution in [0.2, 0.25) is 0 Å². The highest BCUT2D eigenvalue weighted by Crippen LogP contribution is 2.29. The van der Waals surface area contributed by atoms with Gasteiger partial charge in [0.15, 0.2) is 5.82 Å². The van der Waals surface area contributed by atoms with E-state index in [0.717, 1.165) is 36.5 Å². The SMILES string of the molecule is Cc1cnc(-c2nc(-c3c(C)ncc4c3CCNC4)no2)[nH]1. The molecule has 0 aromatic carbocycles. The molecule has 1 aliphatic heterocycles. The van der Waals surface area contributed by atoms with Crippen molar-refractivity contribution in [2.75, 3.05) is 6.54 Å². The Hall–Kier alpha value is -2.54. The van der Waals surface area contributed by atoms with Crippen LogP contribution in [0.15, 0.2) is 16.9 Å². The minimum Gasteiger partial charge on any atom is -0.338 e. The van der Waals surface area contributed by atoms with E-state index >= 15 is 0 Å². The standard InChI is InChI=1S/C15H16N6O/c1-8-5-18-14(19-8)15-20-13(21-22-15)12-9(2)17-7-10-6-16-4-3-11(10)12/h5,7,16H,3-4,6H2,1-2H3,(H,18,19). The monoisotopic (exact) mass is 296 g/mol. The minimum atomic E-state index is 0.397.